The maximum Gasteiger partial charge on any atom is 0.149 e. The Morgan fingerprint density at radius 2 is 1.96 bits per heavy atom. The van der Waals surface area contributed by atoms with E-state index in [4.69, 9.17) is 5.73 Å². The Labute approximate surface area is 165 Å². The summed E-state index contributed by atoms with van der Waals surface area (Å²) in [7, 11) is 0. The minimum absolute atomic E-state index is 0.102. The maximum atomic E-state index is 12.3. The molecule has 7 atom stereocenters. The highest BCUT2D eigenvalue weighted by molar-refractivity contribution is 5.83. The fourth-order valence-electron chi connectivity index (χ4n) is 4.83. The van der Waals surface area contributed by atoms with Crippen molar-refractivity contribution in [2.45, 2.75) is 72.1 Å². The lowest BCUT2D eigenvalue weighted by Gasteiger charge is -2.40. The lowest BCUT2D eigenvalue weighted by atomic mass is 9.69. The van der Waals surface area contributed by atoms with Crippen LogP contribution in [-0.2, 0) is 4.79 Å². The van der Waals surface area contributed by atoms with Crippen molar-refractivity contribution in [2.24, 2.45) is 41.2 Å². The van der Waals surface area contributed by atoms with Gasteiger partial charge in [-0.05, 0) is 55.8 Å². The minimum Gasteiger partial charge on any atom is -0.378 e. The van der Waals surface area contributed by atoms with Crippen LogP contribution in [0.3, 0.4) is 0 Å². The van der Waals surface area contributed by atoms with Gasteiger partial charge < -0.3 is 10.8 Å². The zero-order valence-corrected chi connectivity index (χ0v) is 17.6. The van der Waals surface area contributed by atoms with E-state index in [0.717, 1.165) is 12.8 Å². The third kappa shape index (κ3) is 6.55. The molecule has 0 aromatic rings. The Morgan fingerprint density at radius 3 is 2.56 bits per heavy atom. The average Bonchev–Trinajstić information content (AvgIpc) is 2.64. The molecule has 0 radical (unpaired) electrons. The number of rotatable bonds is 9. The van der Waals surface area contributed by atoms with Crippen LogP contribution < -0.4 is 11.1 Å². The molecule has 4 unspecified atom stereocenters. The van der Waals surface area contributed by atoms with Crippen molar-refractivity contribution in [1.82, 2.24) is 5.32 Å². The predicted molar refractivity (Wildman–Crippen MR) is 112 cm³/mol. The van der Waals surface area contributed by atoms with E-state index >= 15 is 0 Å². The number of nitrogens with one attached hydrogen (secondary N) is 1. The molecule has 154 valence electrons. The van der Waals surface area contributed by atoms with Crippen molar-refractivity contribution in [3.05, 3.63) is 24.3 Å². The molecule has 0 amide bonds. The van der Waals surface area contributed by atoms with Crippen molar-refractivity contribution in [3.63, 3.8) is 0 Å². The molecule has 2 aliphatic rings. The van der Waals surface area contributed by atoms with Gasteiger partial charge in [0.25, 0.3) is 0 Å². The van der Waals surface area contributed by atoms with E-state index in [0.29, 0.717) is 42.6 Å². The molecular formula is C23H40N2O2. The number of carbonyl (C=O) groups excluding carboxylic acids is 1. The van der Waals surface area contributed by atoms with Gasteiger partial charge in [0.2, 0.25) is 0 Å². The van der Waals surface area contributed by atoms with Crippen LogP contribution in [0.25, 0.3) is 0 Å². The Morgan fingerprint density at radius 1 is 1.22 bits per heavy atom. The van der Waals surface area contributed by atoms with E-state index in [2.05, 4.69) is 50.4 Å². The second-order valence-corrected chi connectivity index (χ2v) is 9.27. The van der Waals surface area contributed by atoms with Crippen LogP contribution in [0.1, 0.15) is 59.8 Å². The van der Waals surface area contributed by atoms with E-state index in [-0.39, 0.29) is 11.7 Å². The van der Waals surface area contributed by atoms with Gasteiger partial charge >= 0.3 is 0 Å². The van der Waals surface area contributed by atoms with Gasteiger partial charge in [0.15, 0.2) is 0 Å². The minimum atomic E-state index is -0.504. The first-order valence-electron chi connectivity index (χ1n) is 10.8. The average molecular weight is 377 g/mol. The molecule has 4 N–H and O–H groups in total. The summed E-state index contributed by atoms with van der Waals surface area (Å²) in [5.41, 5.74) is 5.80. The number of ketones is 1. The van der Waals surface area contributed by atoms with Gasteiger partial charge in [0.1, 0.15) is 12.0 Å². The molecule has 4 heteroatoms. The zero-order valence-electron chi connectivity index (χ0n) is 17.6. The summed E-state index contributed by atoms with van der Waals surface area (Å²) in [4.78, 5) is 12.3. The summed E-state index contributed by atoms with van der Waals surface area (Å²) in [5.74, 6) is 2.70. The summed E-state index contributed by atoms with van der Waals surface area (Å²) >= 11 is 0. The largest absolute Gasteiger partial charge is 0.378 e. The highest BCUT2D eigenvalue weighted by Gasteiger charge is 2.35. The van der Waals surface area contributed by atoms with Crippen LogP contribution in [0.5, 0.6) is 0 Å². The number of hydrogen-bond acceptors (Lipinski definition) is 4. The molecule has 1 fully saturated rings. The zero-order chi connectivity index (χ0) is 20.0. The second-order valence-electron chi connectivity index (χ2n) is 9.27. The molecule has 0 aromatic carbocycles. The Bertz CT molecular complexity index is 526. The first kappa shape index (κ1) is 22.3. The summed E-state index contributed by atoms with van der Waals surface area (Å²) in [6.45, 7) is 9.24. The Hall–Kier alpha value is -0.970. The monoisotopic (exact) mass is 376 g/mol. The summed E-state index contributed by atoms with van der Waals surface area (Å²) < 4.78 is 0. The number of aliphatic hydroxyl groups excluding tert-OH is 1. The molecule has 2 rings (SSSR count). The highest BCUT2D eigenvalue weighted by atomic mass is 16.3. The molecule has 0 heterocycles. The molecule has 1 saturated carbocycles. The van der Waals surface area contributed by atoms with Crippen molar-refractivity contribution >= 4 is 5.78 Å². The molecule has 4 nitrogen and oxygen atoms in total. The fraction of sp³-hybridized carbons (Fsp3) is 0.783. The lowest BCUT2D eigenvalue weighted by Crippen LogP contribution is -2.46. The van der Waals surface area contributed by atoms with Gasteiger partial charge in [0, 0.05) is 18.9 Å². The molecule has 0 spiro atoms. The van der Waals surface area contributed by atoms with Crippen LogP contribution in [0.15, 0.2) is 24.3 Å². The first-order chi connectivity index (χ1) is 12.8. The maximum absolute atomic E-state index is 12.3. The van der Waals surface area contributed by atoms with Gasteiger partial charge in [-0.2, -0.15) is 0 Å². The van der Waals surface area contributed by atoms with Crippen molar-refractivity contribution in [3.8, 4) is 0 Å². The van der Waals surface area contributed by atoms with Gasteiger partial charge in [-0.15, -0.1) is 0 Å². The fourth-order valence-corrected chi connectivity index (χ4v) is 4.83. The molecular weight excluding hydrogens is 336 g/mol. The molecule has 0 aromatic heterocycles. The number of carbonyl (C=O) groups is 1. The summed E-state index contributed by atoms with van der Waals surface area (Å²) in [5, 5.41) is 14.4. The molecule has 0 bridgehead atoms. The Balaban J connectivity index is 2.00. The molecule has 0 aliphatic heterocycles. The smallest absolute Gasteiger partial charge is 0.149 e. The third-order valence-electron chi connectivity index (χ3n) is 6.66. The van der Waals surface area contributed by atoms with E-state index < -0.39 is 12.3 Å². The van der Waals surface area contributed by atoms with Gasteiger partial charge in [-0.3, -0.25) is 10.1 Å². The molecule has 0 saturated heterocycles. The van der Waals surface area contributed by atoms with Crippen LogP contribution >= 0.6 is 0 Å². The van der Waals surface area contributed by atoms with E-state index in [9.17, 15) is 9.90 Å². The van der Waals surface area contributed by atoms with Gasteiger partial charge in [-0.1, -0.05) is 51.5 Å². The number of Topliss-reactive ketones (excluding diaryl/α,β-unsaturated/α-hetero) is 1. The third-order valence-corrected chi connectivity index (χ3v) is 6.66. The highest BCUT2D eigenvalue weighted by Crippen LogP contribution is 2.39. The van der Waals surface area contributed by atoms with E-state index in [1.165, 1.54) is 12.8 Å². The van der Waals surface area contributed by atoms with Crippen LogP contribution in [-0.4, -0.2) is 29.7 Å². The van der Waals surface area contributed by atoms with E-state index in [1.807, 2.05) is 0 Å². The standard InChI is InChI=1S/C23H40N2O2/c1-15(2)20-11-10-16(3)12-21(20)23(27)25-14-19(13-22(26)17(4)24)18-8-6-5-7-9-18/h5-8,15-21,23,25,27H,9-14,24H2,1-4H3/t16?,17-,18?,19?,20+,21-,23?/m1/s1. The second kappa shape index (κ2) is 10.5. The van der Waals surface area contributed by atoms with Gasteiger partial charge in [-0.25, -0.2) is 0 Å². The molecule has 2 aliphatic carbocycles. The van der Waals surface area contributed by atoms with Crippen molar-refractivity contribution in [1.29, 1.82) is 0 Å². The van der Waals surface area contributed by atoms with Crippen LogP contribution in [0.4, 0.5) is 0 Å². The number of aliphatic hydroxyl groups is 1. The van der Waals surface area contributed by atoms with Crippen molar-refractivity contribution < 1.29 is 9.90 Å². The lowest BCUT2D eigenvalue weighted by molar-refractivity contribution is -0.121. The van der Waals surface area contributed by atoms with Crippen LogP contribution in [0, 0.1) is 35.5 Å². The van der Waals surface area contributed by atoms with E-state index in [1.54, 1.807) is 6.92 Å². The molecule has 27 heavy (non-hydrogen) atoms. The summed E-state index contributed by atoms with van der Waals surface area (Å²) in [6.07, 6.45) is 12.9. The van der Waals surface area contributed by atoms with Crippen molar-refractivity contribution in [2.75, 3.05) is 6.54 Å². The number of allylic oxidation sites excluding steroid dienone is 4. The predicted octanol–water partition coefficient (Wildman–Crippen LogP) is 3.66. The van der Waals surface area contributed by atoms with Gasteiger partial charge in [0.05, 0.1) is 6.04 Å². The Kier molecular flexibility index (Phi) is 8.71. The topological polar surface area (TPSA) is 75.3 Å². The number of hydrogen-bond donors (Lipinski definition) is 3. The quantitative estimate of drug-likeness (QED) is 0.537. The summed E-state index contributed by atoms with van der Waals surface area (Å²) in [6, 6.07) is -0.426. The normalized spacial score (nSPS) is 31.7. The van der Waals surface area contributed by atoms with Crippen LogP contribution in [0.2, 0.25) is 0 Å². The first-order valence-corrected chi connectivity index (χ1v) is 10.8. The number of nitrogens with two attached hydrogens (primary N) is 1. The SMILES string of the molecule is CC1CC[C@@H](C(C)C)[C@H](C(O)NCC(CC(=O)[C@@H](C)N)C2C=CC=CC2)C1.